The van der Waals surface area contributed by atoms with Crippen LogP contribution in [-0.2, 0) is 0 Å². The molecule has 2 aromatic heterocycles. The molecule has 0 atom stereocenters. The Morgan fingerprint density at radius 1 is 0.364 bits per heavy atom. The van der Waals surface area contributed by atoms with Crippen LogP contribution in [0, 0.1) is 0 Å². The van der Waals surface area contributed by atoms with Crippen LogP contribution in [0.4, 0.5) is 17.1 Å². The summed E-state index contributed by atoms with van der Waals surface area (Å²) in [6.07, 6.45) is 0. The lowest BCUT2D eigenvalue weighted by molar-refractivity contribution is 1.18. The maximum atomic E-state index is 2.43. The van der Waals surface area contributed by atoms with Crippen LogP contribution in [0.3, 0.4) is 0 Å². The minimum absolute atomic E-state index is 1.10. The third-order valence-electron chi connectivity index (χ3n) is 11.0. The maximum Gasteiger partial charge on any atom is 0.0542 e. The lowest BCUT2D eigenvalue weighted by Gasteiger charge is -2.28. The molecule has 0 N–H and O–H groups in total. The first kappa shape index (κ1) is 31.6. The Morgan fingerprint density at radius 3 is 1.91 bits per heavy atom. The predicted molar refractivity (Wildman–Crippen MR) is 237 cm³/mol. The topological polar surface area (TPSA) is 8.17 Å². The number of hydrogen-bond donors (Lipinski definition) is 0. The molecule has 11 aromatic rings. The first-order valence-electron chi connectivity index (χ1n) is 18.8. The van der Waals surface area contributed by atoms with Crippen LogP contribution in [-0.4, -0.2) is 4.57 Å². The molecule has 0 unspecified atom stereocenters. The van der Waals surface area contributed by atoms with Gasteiger partial charge in [0, 0.05) is 53.6 Å². The fourth-order valence-corrected chi connectivity index (χ4v) is 9.51. The second-order valence-corrected chi connectivity index (χ2v) is 15.2. The van der Waals surface area contributed by atoms with Crippen molar-refractivity contribution in [2.24, 2.45) is 0 Å². The summed E-state index contributed by atoms with van der Waals surface area (Å²) in [6, 6.07) is 75.3. The summed E-state index contributed by atoms with van der Waals surface area (Å²) in [5, 5.41) is 7.58. The highest BCUT2D eigenvalue weighted by atomic mass is 32.1. The van der Waals surface area contributed by atoms with E-state index in [2.05, 4.69) is 216 Å². The van der Waals surface area contributed by atoms with Gasteiger partial charge in [-0.2, -0.15) is 0 Å². The lowest BCUT2D eigenvalue weighted by Crippen LogP contribution is -2.11. The van der Waals surface area contributed by atoms with Crippen molar-refractivity contribution in [3.63, 3.8) is 0 Å². The van der Waals surface area contributed by atoms with Crippen LogP contribution in [0.2, 0.25) is 0 Å². The van der Waals surface area contributed by atoms with E-state index in [1.54, 1.807) is 0 Å². The van der Waals surface area contributed by atoms with Gasteiger partial charge in [-0.25, -0.2) is 0 Å². The van der Waals surface area contributed by atoms with E-state index in [0.29, 0.717) is 0 Å². The molecule has 0 amide bonds. The van der Waals surface area contributed by atoms with Gasteiger partial charge in [0.1, 0.15) is 0 Å². The summed E-state index contributed by atoms with van der Waals surface area (Å²) in [6.45, 7) is 0. The molecule has 0 aliphatic carbocycles. The van der Waals surface area contributed by atoms with E-state index in [1.165, 1.54) is 75.0 Å². The zero-order valence-corrected chi connectivity index (χ0v) is 30.7. The van der Waals surface area contributed by atoms with Crippen molar-refractivity contribution in [3.05, 3.63) is 206 Å². The smallest absolute Gasteiger partial charge is 0.0542 e. The molecule has 0 spiro atoms. The van der Waals surface area contributed by atoms with Gasteiger partial charge in [0.2, 0.25) is 0 Å². The zero-order chi connectivity index (χ0) is 36.3. The van der Waals surface area contributed by atoms with E-state index < -0.39 is 0 Å². The summed E-state index contributed by atoms with van der Waals surface area (Å²) in [4.78, 5) is 2.43. The van der Waals surface area contributed by atoms with Gasteiger partial charge in [-0.3, -0.25) is 0 Å². The van der Waals surface area contributed by atoms with Crippen LogP contribution < -0.4 is 4.90 Å². The second-order valence-electron chi connectivity index (χ2n) is 14.2. The van der Waals surface area contributed by atoms with Crippen LogP contribution >= 0.6 is 11.3 Å². The Bertz CT molecular complexity index is 3210. The molecule has 0 aliphatic heterocycles. The van der Waals surface area contributed by atoms with Crippen molar-refractivity contribution in [2.75, 3.05) is 4.90 Å². The summed E-state index contributed by atoms with van der Waals surface area (Å²) >= 11 is 1.86. The third-order valence-corrected chi connectivity index (χ3v) is 12.1. The standard InChI is InChI=1S/C52H34N2S/c1-2-14-40(15-3-1)54-49-20-10-7-17-44(49)47-34-42(29-31-50(47)54)53(48-19-9-6-16-43(48)39-23-22-35-12-4-5-13-37(35)32-39)41-27-24-36(25-28-41)38-26-30-46-45-18-8-11-21-51(45)55-52(46)33-38/h1-34H. The Morgan fingerprint density at radius 2 is 1.02 bits per heavy atom. The normalized spacial score (nSPS) is 11.6. The Kier molecular flexibility index (Phi) is 7.39. The molecule has 0 bridgehead atoms. The van der Waals surface area contributed by atoms with Gasteiger partial charge in [0.15, 0.2) is 0 Å². The van der Waals surface area contributed by atoms with E-state index in [9.17, 15) is 0 Å². The number of benzene rings is 9. The molecule has 3 heteroatoms. The van der Waals surface area contributed by atoms with Crippen LogP contribution in [0.5, 0.6) is 0 Å². The van der Waals surface area contributed by atoms with E-state index in [-0.39, 0.29) is 0 Å². The SMILES string of the molecule is c1ccc(-n2c3ccccc3c3cc(N(c4ccc(-c5ccc6c(c5)sc5ccccc56)cc4)c4ccccc4-c4ccc5ccccc5c4)ccc32)cc1. The van der Waals surface area contributed by atoms with Gasteiger partial charge in [0.05, 0.1) is 16.7 Å². The first-order valence-corrected chi connectivity index (χ1v) is 19.6. The van der Waals surface area contributed by atoms with Crippen molar-refractivity contribution >= 4 is 81.1 Å². The zero-order valence-electron chi connectivity index (χ0n) is 29.9. The quantitative estimate of drug-likeness (QED) is 0.166. The molecule has 55 heavy (non-hydrogen) atoms. The molecule has 0 radical (unpaired) electrons. The average Bonchev–Trinajstić information content (AvgIpc) is 3.79. The molecule has 0 fully saturated rings. The van der Waals surface area contributed by atoms with Gasteiger partial charge in [0.25, 0.3) is 0 Å². The maximum absolute atomic E-state index is 2.43. The third kappa shape index (κ3) is 5.32. The van der Waals surface area contributed by atoms with Crippen molar-refractivity contribution in [1.29, 1.82) is 0 Å². The molecular formula is C52H34N2S. The molecule has 2 heterocycles. The highest BCUT2D eigenvalue weighted by Gasteiger charge is 2.20. The van der Waals surface area contributed by atoms with Gasteiger partial charge in [-0.05, 0) is 100 Å². The number of aromatic nitrogens is 1. The Hall–Kier alpha value is -6.94. The minimum atomic E-state index is 1.10. The van der Waals surface area contributed by atoms with Gasteiger partial charge in [-0.1, -0.05) is 133 Å². The number of fused-ring (bicyclic) bond motifs is 7. The molecular weight excluding hydrogens is 685 g/mol. The molecule has 0 aliphatic rings. The highest BCUT2D eigenvalue weighted by Crippen LogP contribution is 2.44. The fourth-order valence-electron chi connectivity index (χ4n) is 8.36. The number of hydrogen-bond acceptors (Lipinski definition) is 2. The van der Waals surface area contributed by atoms with E-state index >= 15 is 0 Å². The summed E-state index contributed by atoms with van der Waals surface area (Å²) in [5.74, 6) is 0. The first-order chi connectivity index (χ1) is 27.3. The molecule has 258 valence electrons. The number of thiophene rings is 1. The number of nitrogens with zero attached hydrogens (tertiary/aromatic N) is 2. The van der Waals surface area contributed by atoms with Crippen molar-refractivity contribution in [1.82, 2.24) is 4.57 Å². The molecule has 0 saturated heterocycles. The van der Waals surface area contributed by atoms with Crippen LogP contribution in [0.1, 0.15) is 0 Å². The number of para-hydroxylation sites is 3. The number of rotatable bonds is 6. The van der Waals surface area contributed by atoms with Crippen molar-refractivity contribution < 1.29 is 0 Å². The number of anilines is 3. The van der Waals surface area contributed by atoms with Gasteiger partial charge < -0.3 is 9.47 Å². The largest absolute Gasteiger partial charge is 0.310 e. The lowest BCUT2D eigenvalue weighted by atomic mass is 9.98. The summed E-state index contributed by atoms with van der Waals surface area (Å²) in [5.41, 5.74) is 11.7. The highest BCUT2D eigenvalue weighted by molar-refractivity contribution is 7.25. The molecule has 0 saturated carbocycles. The monoisotopic (exact) mass is 718 g/mol. The minimum Gasteiger partial charge on any atom is -0.310 e. The van der Waals surface area contributed by atoms with Crippen LogP contribution in [0.15, 0.2) is 206 Å². The van der Waals surface area contributed by atoms with Gasteiger partial charge in [-0.15, -0.1) is 11.3 Å². The van der Waals surface area contributed by atoms with Gasteiger partial charge >= 0.3 is 0 Å². The van der Waals surface area contributed by atoms with E-state index in [4.69, 9.17) is 0 Å². The Labute approximate surface area is 323 Å². The predicted octanol–water partition coefficient (Wildman–Crippen LogP) is 15.1. The van der Waals surface area contributed by atoms with Crippen molar-refractivity contribution in [3.8, 4) is 27.9 Å². The molecule has 9 aromatic carbocycles. The molecule has 11 rings (SSSR count). The van der Waals surface area contributed by atoms with Crippen LogP contribution in [0.25, 0.3) is 80.7 Å². The second kappa shape index (κ2) is 12.9. The van der Waals surface area contributed by atoms with Crippen molar-refractivity contribution in [2.45, 2.75) is 0 Å². The van der Waals surface area contributed by atoms with E-state index in [0.717, 1.165) is 22.7 Å². The van der Waals surface area contributed by atoms with E-state index in [1.807, 2.05) is 11.3 Å². The summed E-state index contributed by atoms with van der Waals surface area (Å²) in [7, 11) is 0. The Balaban J connectivity index is 1.09. The molecule has 2 nitrogen and oxygen atoms in total. The fraction of sp³-hybridized carbons (Fsp3) is 0. The average molecular weight is 719 g/mol. The summed E-state index contributed by atoms with van der Waals surface area (Å²) < 4.78 is 5.02.